The van der Waals surface area contributed by atoms with Gasteiger partial charge in [0.1, 0.15) is 48.9 Å². The van der Waals surface area contributed by atoms with Gasteiger partial charge in [0, 0.05) is 64.1 Å². The summed E-state index contributed by atoms with van der Waals surface area (Å²) < 4.78 is 21.4. The Bertz CT molecular complexity index is 2030. The lowest BCUT2D eigenvalue weighted by Gasteiger charge is -2.19. The Morgan fingerprint density at radius 2 is 0.805 bits per heavy atom. The van der Waals surface area contributed by atoms with Crippen LogP contribution in [0.2, 0.25) is 0 Å². The number of rotatable bonds is 61. The number of aliphatic hydroxyl groups is 1. The molecular formula is C59H102N6O22. The number of hydrogen-bond acceptors (Lipinski definition) is 18. The van der Waals surface area contributed by atoms with Crippen LogP contribution >= 0.6 is 0 Å². The molecule has 0 aromatic heterocycles. The van der Waals surface area contributed by atoms with Crippen molar-refractivity contribution in [2.24, 2.45) is 5.92 Å². The van der Waals surface area contributed by atoms with Gasteiger partial charge in [-0.05, 0) is 64.7 Å². The number of amides is 5. The normalized spacial score (nSPS) is 13.2. The van der Waals surface area contributed by atoms with Crippen LogP contribution in [-0.4, -0.2) is 204 Å². The highest BCUT2D eigenvalue weighted by Crippen LogP contribution is 2.16. The highest BCUT2D eigenvalue weighted by atomic mass is 16.5. The van der Waals surface area contributed by atoms with Crippen molar-refractivity contribution in [2.45, 2.75) is 224 Å². The molecule has 12 N–H and O–H groups in total. The summed E-state index contributed by atoms with van der Waals surface area (Å²) in [5.74, 6) is -9.80. The van der Waals surface area contributed by atoms with E-state index in [-0.39, 0.29) is 134 Å². The first-order valence-electron chi connectivity index (χ1n) is 30.9. The summed E-state index contributed by atoms with van der Waals surface area (Å²) in [6.07, 6.45) is 14.0. The van der Waals surface area contributed by atoms with E-state index < -0.39 is 97.1 Å². The van der Waals surface area contributed by atoms with Crippen LogP contribution in [0.5, 0.6) is 0 Å². The average molecular weight is 1250 g/mol. The molecule has 6 atom stereocenters. The predicted molar refractivity (Wildman–Crippen MR) is 315 cm³/mol. The second kappa shape index (κ2) is 52.9. The van der Waals surface area contributed by atoms with Crippen LogP contribution in [0, 0.1) is 5.92 Å². The lowest BCUT2D eigenvalue weighted by Crippen LogP contribution is -2.47. The monoisotopic (exact) mass is 1250 g/mol. The summed E-state index contributed by atoms with van der Waals surface area (Å²) >= 11 is 0. The Morgan fingerprint density at radius 3 is 1.24 bits per heavy atom. The van der Waals surface area contributed by atoms with Crippen molar-refractivity contribution in [2.75, 3.05) is 72.5 Å². The molecule has 5 amide bonds. The van der Waals surface area contributed by atoms with Gasteiger partial charge in [-0.25, -0.2) is 14.4 Å². The van der Waals surface area contributed by atoms with Gasteiger partial charge in [-0.3, -0.25) is 48.5 Å². The lowest BCUT2D eigenvalue weighted by molar-refractivity contribution is -0.144. The minimum Gasteiger partial charge on any atom is -0.481 e. The molecule has 0 aliphatic heterocycles. The number of carboxylic acids is 5. The fourth-order valence-corrected chi connectivity index (χ4v) is 8.90. The summed E-state index contributed by atoms with van der Waals surface area (Å²) in [5.41, 5.74) is 0. The molecule has 0 fully saturated rings. The molecule has 500 valence electrons. The van der Waals surface area contributed by atoms with Gasteiger partial charge in [-0.15, -0.1) is 0 Å². The molecule has 0 saturated carbocycles. The topological polar surface area (TPSA) is 435 Å². The number of Topliss-reactive ketones (excluding diaryl/α,β-unsaturated/α-hetero) is 2. The Hall–Kier alpha value is -6.20. The third-order valence-corrected chi connectivity index (χ3v) is 14.0. The average Bonchev–Trinajstić information content (AvgIpc) is 3.51. The number of ketones is 2. The third kappa shape index (κ3) is 47.5. The summed E-state index contributed by atoms with van der Waals surface area (Å²) in [5, 5.41) is 71.2. The SMILES string of the molecule is CC[C@@H](CCCCNC(=O)COCCOCCNC(=O)COCCOCCCC(=O)CC[C@H](NC(=O)CC[C@H](NC(=O)CC[C@H](NC(=O)CCCCCCCCCCCCCCCCC(=O)O)C(=O)O)C(=O)O)C(=O)O)C(=O)CN[C@H](C(=O)O)[C@@H](C)O. The van der Waals surface area contributed by atoms with Crippen molar-refractivity contribution in [1.29, 1.82) is 0 Å². The number of carbonyl (C=O) groups is 12. The summed E-state index contributed by atoms with van der Waals surface area (Å²) in [7, 11) is 0. The summed E-state index contributed by atoms with van der Waals surface area (Å²) in [6, 6.07) is -5.65. The largest absolute Gasteiger partial charge is 0.481 e. The molecule has 0 unspecified atom stereocenters. The molecule has 0 heterocycles. The first kappa shape index (κ1) is 80.8. The first-order valence-corrected chi connectivity index (χ1v) is 30.9. The molecular weight excluding hydrogens is 1140 g/mol. The zero-order valence-electron chi connectivity index (χ0n) is 51.3. The van der Waals surface area contributed by atoms with Gasteiger partial charge < -0.3 is 76.2 Å². The fourth-order valence-electron chi connectivity index (χ4n) is 8.90. The van der Waals surface area contributed by atoms with Crippen molar-refractivity contribution >= 4 is 70.9 Å². The number of nitrogens with one attached hydrogen (secondary N) is 6. The quantitative estimate of drug-likeness (QED) is 0.0389. The van der Waals surface area contributed by atoms with Crippen molar-refractivity contribution < 1.29 is 107 Å². The van der Waals surface area contributed by atoms with Crippen LogP contribution < -0.4 is 31.9 Å². The number of carbonyl (C=O) groups excluding carboxylic acids is 7. The van der Waals surface area contributed by atoms with Crippen LogP contribution in [0.3, 0.4) is 0 Å². The van der Waals surface area contributed by atoms with E-state index in [0.717, 1.165) is 70.6 Å². The number of hydrogen-bond donors (Lipinski definition) is 12. The maximum Gasteiger partial charge on any atom is 0.326 e. The van der Waals surface area contributed by atoms with Crippen LogP contribution in [0.25, 0.3) is 0 Å². The van der Waals surface area contributed by atoms with E-state index in [2.05, 4.69) is 31.9 Å². The number of ether oxygens (including phenoxy) is 4. The maximum atomic E-state index is 12.6. The predicted octanol–water partition coefficient (Wildman–Crippen LogP) is 3.20. The minimum absolute atomic E-state index is 0.0549. The fraction of sp³-hybridized carbons (Fsp3) is 0.797. The van der Waals surface area contributed by atoms with Gasteiger partial charge in [0.2, 0.25) is 29.5 Å². The van der Waals surface area contributed by atoms with E-state index in [9.17, 15) is 78.0 Å². The second-order valence-corrected chi connectivity index (χ2v) is 21.5. The minimum atomic E-state index is -1.57. The molecule has 0 aliphatic rings. The Balaban J connectivity index is 4.14. The highest BCUT2D eigenvalue weighted by Gasteiger charge is 2.28. The van der Waals surface area contributed by atoms with Crippen molar-refractivity contribution in [3.8, 4) is 0 Å². The van der Waals surface area contributed by atoms with Crippen molar-refractivity contribution in [3.63, 3.8) is 0 Å². The van der Waals surface area contributed by atoms with Gasteiger partial charge in [-0.1, -0.05) is 90.4 Å². The lowest BCUT2D eigenvalue weighted by atomic mass is 9.94. The molecule has 0 radical (unpaired) electrons. The standard InChI is InChI=1S/C59H102N6O22/c1-3-43(48(68)39-62-55(42(2)66)59(82)83)21-18-19-31-60-52(72)40-87-38-36-85-34-32-61-53(73)41-86-37-35-84-33-20-22-44(67)25-26-45(56(76)77)64-50(70)30-28-47(58(80)81)65-51(71)29-27-46(57(78)79)63-49(69)23-16-14-12-10-8-6-4-5-7-9-11-13-15-17-24-54(74)75/h42-43,45-47,55,62,66H,3-41H2,1-2H3,(H,60,72)(H,61,73)(H,63,69)(H,64,70)(H,65,71)(H,74,75)(H,76,77)(H,78,79)(H,80,81)(H,82,83)/t42-,43+,45+,46+,47+,55+/m1/s1. The summed E-state index contributed by atoms with van der Waals surface area (Å²) in [4.78, 5) is 144. The van der Waals surface area contributed by atoms with E-state index in [1.54, 1.807) is 0 Å². The van der Waals surface area contributed by atoms with Crippen LogP contribution in [0.15, 0.2) is 0 Å². The number of aliphatic carboxylic acids is 5. The molecule has 0 saturated heterocycles. The van der Waals surface area contributed by atoms with E-state index in [1.165, 1.54) is 19.8 Å². The van der Waals surface area contributed by atoms with Gasteiger partial charge >= 0.3 is 29.8 Å². The molecule has 0 aliphatic carbocycles. The molecule has 28 heteroatoms. The van der Waals surface area contributed by atoms with Gasteiger partial charge in [0.15, 0.2) is 0 Å². The Morgan fingerprint density at radius 1 is 0.391 bits per heavy atom. The van der Waals surface area contributed by atoms with Gasteiger partial charge in [0.05, 0.1) is 45.7 Å². The number of unbranched alkanes of at least 4 members (excludes halogenated alkanes) is 14. The molecule has 0 bridgehead atoms. The smallest absolute Gasteiger partial charge is 0.326 e. The van der Waals surface area contributed by atoms with Crippen LogP contribution in [0.4, 0.5) is 0 Å². The zero-order valence-corrected chi connectivity index (χ0v) is 51.3. The van der Waals surface area contributed by atoms with Gasteiger partial charge in [0.25, 0.3) is 0 Å². The van der Waals surface area contributed by atoms with E-state index >= 15 is 0 Å². The second-order valence-electron chi connectivity index (χ2n) is 21.5. The molecule has 0 spiro atoms. The number of carboxylic acid groups (broad SMARTS) is 5. The molecule has 0 rings (SSSR count). The van der Waals surface area contributed by atoms with Crippen LogP contribution in [-0.2, 0) is 76.5 Å². The molecule has 87 heavy (non-hydrogen) atoms. The zero-order chi connectivity index (χ0) is 65.0. The van der Waals surface area contributed by atoms with Gasteiger partial charge in [-0.2, -0.15) is 0 Å². The first-order chi connectivity index (χ1) is 41.6. The molecule has 0 aromatic rings. The molecule has 28 nitrogen and oxygen atoms in total. The summed E-state index contributed by atoms with van der Waals surface area (Å²) in [6.45, 7) is 4.13. The maximum absolute atomic E-state index is 12.6. The Kier molecular flexibility index (Phi) is 49.1. The number of aliphatic hydroxyl groups excluding tert-OH is 1. The van der Waals surface area contributed by atoms with E-state index in [0.29, 0.717) is 45.1 Å². The van der Waals surface area contributed by atoms with E-state index in [4.69, 9.17) is 29.2 Å². The van der Waals surface area contributed by atoms with Crippen LogP contribution in [0.1, 0.15) is 194 Å². The van der Waals surface area contributed by atoms with E-state index in [1.807, 2.05) is 6.92 Å². The van der Waals surface area contributed by atoms with Crippen molar-refractivity contribution in [1.82, 2.24) is 31.9 Å². The Labute approximate surface area is 510 Å². The van der Waals surface area contributed by atoms with Crippen molar-refractivity contribution in [3.05, 3.63) is 0 Å². The highest BCUT2D eigenvalue weighted by molar-refractivity contribution is 5.88. The molecule has 0 aromatic carbocycles. The third-order valence-electron chi connectivity index (χ3n) is 14.0.